The molecular weight excluding hydrogens is 1260 g/mol. The average molecular weight is 1410 g/mol. The van der Waals surface area contributed by atoms with Crippen molar-refractivity contribution in [3.63, 3.8) is 0 Å². The minimum Gasteiger partial charge on any atom is -0.462 e. The maximum atomic E-state index is 13.1. The molecule has 17 nitrogen and oxygen atoms in total. The first-order valence-electron chi connectivity index (χ1n) is 40.0. The minimum atomic E-state index is -4.96. The molecule has 0 aliphatic rings. The van der Waals surface area contributed by atoms with Crippen LogP contribution in [0.4, 0.5) is 0 Å². The first kappa shape index (κ1) is 94.1. The van der Waals surface area contributed by atoms with Crippen molar-refractivity contribution in [2.75, 3.05) is 39.6 Å². The second kappa shape index (κ2) is 68.8. The second-order valence-electron chi connectivity index (χ2n) is 28.7. The van der Waals surface area contributed by atoms with Gasteiger partial charge in [0.15, 0.2) is 12.2 Å². The maximum Gasteiger partial charge on any atom is 0.472 e. The molecule has 0 aromatic rings. The molecule has 0 aliphatic heterocycles. The molecule has 0 heterocycles. The standard InChI is InChI=1S/C77H150O17P2/c1-7-9-11-13-15-17-18-19-20-21-22-23-24-25-26-27-30-34-38-42-49-55-61-76(81)93-72(65-88-75(80)60-54-48-41-37-33-31-28-29-32-36-39-45-51-57-69(3)4)67-91-95(83,84)89-63-71(78)64-90-96(85,86)92-68-73(94-77(82)62-56-50-44-43-46-52-58-70(5)6)66-87-74(79)59-53-47-40-35-16-14-12-10-8-2/h69-73,78H,7-68H2,1-6H3,(H,83,84)(H,85,86)/t71-,72-,73-/m1/s1. The number of aliphatic hydroxyl groups excluding tert-OH is 1. The topological polar surface area (TPSA) is 237 Å². The summed E-state index contributed by atoms with van der Waals surface area (Å²) in [5.74, 6) is -0.661. The van der Waals surface area contributed by atoms with Crippen LogP contribution in [0.25, 0.3) is 0 Å². The lowest BCUT2D eigenvalue weighted by atomic mass is 10.0. The van der Waals surface area contributed by atoms with E-state index in [1.165, 1.54) is 218 Å². The Balaban J connectivity index is 5.16. The molecule has 0 aromatic carbocycles. The molecule has 0 aromatic heterocycles. The summed E-state index contributed by atoms with van der Waals surface area (Å²) in [4.78, 5) is 72.7. The fourth-order valence-corrected chi connectivity index (χ4v) is 13.4. The molecule has 0 saturated carbocycles. The third-order valence-electron chi connectivity index (χ3n) is 18.0. The van der Waals surface area contributed by atoms with Crippen molar-refractivity contribution in [3.05, 3.63) is 0 Å². The Morgan fingerprint density at radius 1 is 0.281 bits per heavy atom. The highest BCUT2D eigenvalue weighted by molar-refractivity contribution is 7.47. The molecule has 0 amide bonds. The van der Waals surface area contributed by atoms with Crippen LogP contribution in [0.2, 0.25) is 0 Å². The Morgan fingerprint density at radius 3 is 0.708 bits per heavy atom. The van der Waals surface area contributed by atoms with Gasteiger partial charge in [0, 0.05) is 25.7 Å². The SMILES string of the molecule is CCCCCCCCCCCCCCCCCCCCCCCCC(=O)O[C@H](COC(=O)CCCCCCCCCCCCCCCC(C)C)COP(=O)(O)OC[C@@H](O)COP(=O)(O)OC[C@@H](COC(=O)CCCCCCCCCCC)OC(=O)CCCCCCCCC(C)C. The predicted molar refractivity (Wildman–Crippen MR) is 391 cm³/mol. The molecule has 0 radical (unpaired) electrons. The third-order valence-corrected chi connectivity index (χ3v) is 19.9. The van der Waals surface area contributed by atoms with Crippen LogP contribution >= 0.6 is 15.6 Å². The molecule has 0 aliphatic carbocycles. The normalized spacial score (nSPS) is 14.0. The molecule has 0 bridgehead atoms. The van der Waals surface area contributed by atoms with Gasteiger partial charge >= 0.3 is 39.5 Å². The van der Waals surface area contributed by atoms with Crippen LogP contribution in [-0.4, -0.2) is 96.7 Å². The van der Waals surface area contributed by atoms with E-state index in [0.717, 1.165) is 95.8 Å². The molecule has 0 saturated heterocycles. The van der Waals surface area contributed by atoms with Crippen LogP contribution < -0.4 is 0 Å². The van der Waals surface area contributed by atoms with Crippen LogP contribution in [-0.2, 0) is 65.4 Å². The molecule has 0 fully saturated rings. The van der Waals surface area contributed by atoms with Gasteiger partial charge in [-0.1, -0.05) is 350 Å². The third kappa shape index (κ3) is 70.5. The zero-order valence-electron chi connectivity index (χ0n) is 62.7. The Labute approximate surface area is 588 Å². The van der Waals surface area contributed by atoms with Gasteiger partial charge in [0.25, 0.3) is 0 Å². The van der Waals surface area contributed by atoms with Crippen LogP contribution in [0.1, 0.15) is 401 Å². The van der Waals surface area contributed by atoms with Crippen molar-refractivity contribution in [3.8, 4) is 0 Å². The van der Waals surface area contributed by atoms with Crippen molar-refractivity contribution >= 4 is 39.5 Å². The quantitative estimate of drug-likeness (QED) is 0.0222. The van der Waals surface area contributed by atoms with Gasteiger partial charge in [-0.15, -0.1) is 0 Å². The monoisotopic (exact) mass is 1410 g/mol. The summed E-state index contributed by atoms with van der Waals surface area (Å²) >= 11 is 0. The minimum absolute atomic E-state index is 0.102. The summed E-state index contributed by atoms with van der Waals surface area (Å²) < 4.78 is 68.4. The van der Waals surface area contributed by atoms with Crippen LogP contribution in [0.15, 0.2) is 0 Å². The lowest BCUT2D eigenvalue weighted by Crippen LogP contribution is -2.30. The number of phosphoric ester groups is 2. The number of unbranched alkanes of at least 4 members (excludes halogenated alkanes) is 46. The zero-order valence-corrected chi connectivity index (χ0v) is 64.5. The van der Waals surface area contributed by atoms with E-state index in [2.05, 4.69) is 41.5 Å². The highest BCUT2D eigenvalue weighted by Gasteiger charge is 2.30. The first-order valence-corrected chi connectivity index (χ1v) is 43.0. The Morgan fingerprint density at radius 2 is 0.479 bits per heavy atom. The number of ether oxygens (including phenoxy) is 4. The summed E-state index contributed by atoms with van der Waals surface area (Å²) in [5, 5.41) is 10.6. The van der Waals surface area contributed by atoms with Gasteiger partial charge in [-0.3, -0.25) is 37.3 Å². The Kier molecular flexibility index (Phi) is 67.4. The first-order chi connectivity index (χ1) is 46.4. The van der Waals surface area contributed by atoms with Crippen LogP contribution in [0, 0.1) is 11.8 Å². The molecule has 19 heteroatoms. The van der Waals surface area contributed by atoms with Crippen molar-refractivity contribution in [2.45, 2.75) is 419 Å². The molecule has 5 atom stereocenters. The van der Waals surface area contributed by atoms with E-state index in [1.54, 1.807) is 0 Å². The van der Waals surface area contributed by atoms with Crippen LogP contribution in [0.3, 0.4) is 0 Å². The van der Waals surface area contributed by atoms with Crippen molar-refractivity contribution < 1.29 is 80.2 Å². The summed E-state index contributed by atoms with van der Waals surface area (Å²) in [7, 11) is -9.91. The summed E-state index contributed by atoms with van der Waals surface area (Å²) in [5.41, 5.74) is 0. The van der Waals surface area contributed by atoms with Gasteiger partial charge in [-0.2, -0.15) is 0 Å². The Bertz CT molecular complexity index is 1860. The predicted octanol–water partition coefficient (Wildman–Crippen LogP) is 22.7. The van der Waals surface area contributed by atoms with Gasteiger partial charge in [-0.25, -0.2) is 9.13 Å². The van der Waals surface area contributed by atoms with Gasteiger partial charge in [0.05, 0.1) is 26.4 Å². The Hall–Kier alpha value is -1.94. The number of rotatable bonds is 76. The number of hydrogen-bond acceptors (Lipinski definition) is 15. The van der Waals surface area contributed by atoms with Gasteiger partial charge in [0.2, 0.25) is 0 Å². The second-order valence-corrected chi connectivity index (χ2v) is 31.6. The average Bonchev–Trinajstić information content (AvgIpc) is 1.47. The summed E-state index contributed by atoms with van der Waals surface area (Å²) in [6, 6.07) is 0. The number of carbonyl (C=O) groups excluding carboxylic acids is 4. The van der Waals surface area contributed by atoms with E-state index in [9.17, 15) is 43.2 Å². The number of hydrogen-bond donors (Lipinski definition) is 3. The van der Waals surface area contributed by atoms with Gasteiger partial charge in [0.1, 0.15) is 19.3 Å². The zero-order chi connectivity index (χ0) is 70.7. The molecular formula is C77H150O17P2. The summed E-state index contributed by atoms with van der Waals surface area (Å²) in [6.45, 7) is 9.50. The maximum absolute atomic E-state index is 13.1. The lowest BCUT2D eigenvalue weighted by molar-refractivity contribution is -0.161. The van der Waals surface area contributed by atoms with Crippen molar-refractivity contribution in [1.29, 1.82) is 0 Å². The molecule has 2 unspecified atom stereocenters. The highest BCUT2D eigenvalue weighted by atomic mass is 31.2. The number of carbonyl (C=O) groups is 4. The number of esters is 4. The van der Waals surface area contributed by atoms with Gasteiger partial charge in [-0.05, 0) is 37.5 Å². The van der Waals surface area contributed by atoms with Crippen LogP contribution in [0.5, 0.6) is 0 Å². The van der Waals surface area contributed by atoms with Crippen molar-refractivity contribution in [1.82, 2.24) is 0 Å². The largest absolute Gasteiger partial charge is 0.472 e. The van der Waals surface area contributed by atoms with E-state index < -0.39 is 97.5 Å². The van der Waals surface area contributed by atoms with E-state index in [0.29, 0.717) is 31.6 Å². The van der Waals surface area contributed by atoms with Gasteiger partial charge < -0.3 is 33.8 Å². The molecule has 96 heavy (non-hydrogen) atoms. The molecule has 0 spiro atoms. The smallest absolute Gasteiger partial charge is 0.462 e. The number of phosphoric acid groups is 2. The van der Waals surface area contributed by atoms with E-state index >= 15 is 0 Å². The fraction of sp³-hybridized carbons (Fsp3) is 0.948. The fourth-order valence-electron chi connectivity index (χ4n) is 11.8. The summed E-state index contributed by atoms with van der Waals surface area (Å²) in [6.07, 6.45) is 57.3. The van der Waals surface area contributed by atoms with Crippen molar-refractivity contribution in [2.24, 2.45) is 11.8 Å². The van der Waals surface area contributed by atoms with E-state index in [-0.39, 0.29) is 25.7 Å². The van der Waals surface area contributed by atoms with E-state index in [4.69, 9.17) is 37.0 Å². The highest BCUT2D eigenvalue weighted by Crippen LogP contribution is 2.45. The lowest BCUT2D eigenvalue weighted by Gasteiger charge is -2.21. The van der Waals surface area contributed by atoms with E-state index in [1.807, 2.05) is 0 Å². The number of aliphatic hydroxyl groups is 1. The molecule has 0 rings (SSSR count). The molecule has 3 N–H and O–H groups in total. The molecule has 570 valence electrons.